The van der Waals surface area contributed by atoms with Crippen LogP contribution >= 0.6 is 22.9 Å². The van der Waals surface area contributed by atoms with Crippen LogP contribution in [0, 0.1) is 6.92 Å². The molecule has 0 unspecified atom stereocenters. The number of aromatic nitrogens is 1. The van der Waals surface area contributed by atoms with Crippen molar-refractivity contribution in [3.05, 3.63) is 52.8 Å². The molecule has 0 saturated heterocycles. The third-order valence-electron chi connectivity index (χ3n) is 3.44. The summed E-state index contributed by atoms with van der Waals surface area (Å²) in [5.41, 5.74) is 11.6. The third kappa shape index (κ3) is 3.39. The van der Waals surface area contributed by atoms with Gasteiger partial charge >= 0.3 is 0 Å². The highest BCUT2D eigenvalue weighted by atomic mass is 35.5. The summed E-state index contributed by atoms with van der Waals surface area (Å²) in [7, 11) is -3.72. The van der Waals surface area contributed by atoms with Crippen molar-refractivity contribution in [2.24, 2.45) is 21.7 Å². The Morgan fingerprint density at radius 3 is 2.80 bits per heavy atom. The van der Waals surface area contributed by atoms with Crippen molar-refractivity contribution < 1.29 is 8.42 Å². The summed E-state index contributed by atoms with van der Waals surface area (Å²) >= 11 is 7.22. The SMILES string of the molecule is Cc1c(S(=O)(=O)n2ccc(/C=N/N=C(N)N)c2)sc2ccc(Cl)cc12. The van der Waals surface area contributed by atoms with Crippen molar-refractivity contribution in [1.29, 1.82) is 0 Å². The van der Waals surface area contributed by atoms with Gasteiger partial charge < -0.3 is 11.5 Å². The van der Waals surface area contributed by atoms with E-state index in [2.05, 4.69) is 10.2 Å². The van der Waals surface area contributed by atoms with Gasteiger partial charge in [0, 0.05) is 27.7 Å². The second kappa shape index (κ2) is 6.51. The number of hydrogen-bond donors (Lipinski definition) is 2. The molecule has 3 rings (SSSR count). The molecule has 0 amide bonds. The number of rotatable bonds is 4. The number of nitrogens with zero attached hydrogens (tertiary/aromatic N) is 3. The molecule has 0 spiro atoms. The summed E-state index contributed by atoms with van der Waals surface area (Å²) in [6.45, 7) is 1.77. The maximum Gasteiger partial charge on any atom is 0.277 e. The summed E-state index contributed by atoms with van der Waals surface area (Å²) < 4.78 is 28.1. The predicted molar refractivity (Wildman–Crippen MR) is 102 cm³/mol. The lowest BCUT2D eigenvalue weighted by Crippen LogP contribution is -2.21. The molecule has 3 aromatic rings. The molecule has 10 heteroatoms. The van der Waals surface area contributed by atoms with E-state index >= 15 is 0 Å². The summed E-state index contributed by atoms with van der Waals surface area (Å²) in [6.07, 6.45) is 4.25. The van der Waals surface area contributed by atoms with E-state index in [1.807, 2.05) is 6.07 Å². The summed E-state index contributed by atoms with van der Waals surface area (Å²) in [4.78, 5) is 0. The van der Waals surface area contributed by atoms with E-state index < -0.39 is 10.0 Å². The van der Waals surface area contributed by atoms with Crippen LogP contribution in [0.25, 0.3) is 10.1 Å². The number of halogens is 1. The van der Waals surface area contributed by atoms with Crippen LogP contribution in [0.1, 0.15) is 11.1 Å². The van der Waals surface area contributed by atoms with E-state index in [-0.39, 0.29) is 10.2 Å². The zero-order valence-electron chi connectivity index (χ0n) is 13.0. The van der Waals surface area contributed by atoms with Crippen molar-refractivity contribution >= 4 is 55.2 Å². The van der Waals surface area contributed by atoms with E-state index in [0.717, 1.165) is 14.1 Å². The highest BCUT2D eigenvalue weighted by Gasteiger charge is 2.23. The second-order valence-electron chi connectivity index (χ2n) is 5.20. The van der Waals surface area contributed by atoms with Gasteiger partial charge in [-0.05, 0) is 42.1 Å². The molecular formula is C15H14ClN5O2S2. The van der Waals surface area contributed by atoms with E-state index in [9.17, 15) is 8.42 Å². The van der Waals surface area contributed by atoms with Gasteiger partial charge in [0.1, 0.15) is 4.21 Å². The summed E-state index contributed by atoms with van der Waals surface area (Å²) in [5.74, 6) is -0.178. The van der Waals surface area contributed by atoms with Crippen molar-refractivity contribution in [2.45, 2.75) is 11.1 Å². The standard InChI is InChI=1S/C15H14ClN5O2S2/c1-9-12-6-11(16)2-3-13(12)24-14(9)25(22,23)21-5-4-10(8-21)7-19-20-15(17)18/h2-8H,1H3,(H4,17,18,20)/b19-7+. The molecular weight excluding hydrogens is 382 g/mol. The maximum atomic E-state index is 12.9. The average Bonchev–Trinajstić information content (AvgIpc) is 3.13. The zero-order valence-corrected chi connectivity index (χ0v) is 15.4. The van der Waals surface area contributed by atoms with Crippen LogP contribution in [0.3, 0.4) is 0 Å². The Labute approximate surface area is 153 Å². The lowest BCUT2D eigenvalue weighted by molar-refractivity contribution is 0.589. The highest BCUT2D eigenvalue weighted by molar-refractivity contribution is 7.92. The van der Waals surface area contributed by atoms with E-state index in [4.69, 9.17) is 23.1 Å². The molecule has 0 radical (unpaired) electrons. The van der Waals surface area contributed by atoms with E-state index in [0.29, 0.717) is 16.1 Å². The largest absolute Gasteiger partial charge is 0.369 e. The monoisotopic (exact) mass is 395 g/mol. The van der Waals surface area contributed by atoms with Crippen LogP contribution in [0.5, 0.6) is 0 Å². The van der Waals surface area contributed by atoms with Gasteiger partial charge in [0.15, 0.2) is 0 Å². The summed E-state index contributed by atoms with van der Waals surface area (Å²) in [6, 6.07) is 6.93. The first-order valence-corrected chi connectivity index (χ1v) is 9.66. The number of thiophene rings is 1. The Kier molecular flexibility index (Phi) is 4.55. The maximum absolute atomic E-state index is 12.9. The highest BCUT2D eigenvalue weighted by Crippen LogP contribution is 2.36. The first-order chi connectivity index (χ1) is 11.8. The van der Waals surface area contributed by atoms with Gasteiger partial charge in [0.2, 0.25) is 5.96 Å². The molecule has 2 aromatic heterocycles. The molecule has 0 bridgehead atoms. The number of benzene rings is 1. The van der Waals surface area contributed by atoms with E-state index in [1.165, 1.54) is 29.9 Å². The van der Waals surface area contributed by atoms with Gasteiger partial charge in [0.05, 0.1) is 6.21 Å². The molecule has 0 aliphatic carbocycles. The fraction of sp³-hybridized carbons (Fsp3) is 0.0667. The molecule has 0 atom stereocenters. The Hall–Kier alpha value is -2.36. The van der Waals surface area contributed by atoms with Crippen molar-refractivity contribution in [1.82, 2.24) is 3.97 Å². The van der Waals surface area contributed by atoms with Crippen molar-refractivity contribution in [2.75, 3.05) is 0 Å². The normalized spacial score (nSPS) is 12.1. The molecule has 2 heterocycles. The molecule has 130 valence electrons. The molecule has 0 fully saturated rings. The number of guanidine groups is 1. The van der Waals surface area contributed by atoms with Crippen molar-refractivity contribution in [3.63, 3.8) is 0 Å². The van der Waals surface area contributed by atoms with Crippen LogP contribution in [0.15, 0.2) is 51.1 Å². The first kappa shape index (κ1) is 17.5. The molecule has 0 aliphatic rings. The van der Waals surface area contributed by atoms with Gasteiger partial charge in [-0.2, -0.15) is 13.5 Å². The molecule has 0 saturated carbocycles. The zero-order chi connectivity index (χ0) is 18.2. The third-order valence-corrected chi connectivity index (χ3v) is 7.18. The van der Waals surface area contributed by atoms with Crippen LogP contribution in [-0.2, 0) is 10.0 Å². The molecule has 4 N–H and O–H groups in total. The fourth-order valence-electron chi connectivity index (χ4n) is 2.29. The minimum atomic E-state index is -3.72. The van der Waals surface area contributed by atoms with Gasteiger partial charge in [-0.25, -0.2) is 3.97 Å². The van der Waals surface area contributed by atoms with Crippen molar-refractivity contribution in [3.8, 4) is 0 Å². The molecule has 0 aliphatic heterocycles. The van der Waals surface area contributed by atoms with Gasteiger partial charge in [-0.15, -0.1) is 16.4 Å². The first-order valence-electron chi connectivity index (χ1n) is 7.03. The minimum Gasteiger partial charge on any atom is -0.369 e. The topological polar surface area (TPSA) is 116 Å². The van der Waals surface area contributed by atoms with Crippen LogP contribution in [-0.4, -0.2) is 24.6 Å². The number of hydrogen-bond acceptors (Lipinski definition) is 5. The van der Waals surface area contributed by atoms with Gasteiger partial charge in [-0.3, -0.25) is 0 Å². The smallest absolute Gasteiger partial charge is 0.277 e. The second-order valence-corrected chi connectivity index (χ2v) is 8.73. The molecule has 1 aromatic carbocycles. The van der Waals surface area contributed by atoms with E-state index in [1.54, 1.807) is 25.1 Å². The van der Waals surface area contributed by atoms with Gasteiger partial charge in [0.25, 0.3) is 10.0 Å². The van der Waals surface area contributed by atoms with Crippen LogP contribution < -0.4 is 11.5 Å². The number of nitrogens with two attached hydrogens (primary N) is 2. The molecule has 7 nitrogen and oxygen atoms in total. The van der Waals surface area contributed by atoms with Gasteiger partial charge in [-0.1, -0.05) is 11.6 Å². The number of fused-ring (bicyclic) bond motifs is 1. The average molecular weight is 396 g/mol. The van der Waals surface area contributed by atoms with Crippen LogP contribution in [0.4, 0.5) is 0 Å². The number of aryl methyl sites for hydroxylation is 1. The summed E-state index contributed by atoms with van der Waals surface area (Å²) in [5, 5.41) is 8.53. The quantitative estimate of drug-likeness (QED) is 0.401. The Morgan fingerprint density at radius 2 is 2.08 bits per heavy atom. The fourth-order valence-corrected chi connectivity index (χ4v) is 5.50. The lowest BCUT2D eigenvalue weighted by atomic mass is 10.2. The predicted octanol–water partition coefficient (Wildman–Crippen LogP) is 2.51. The Bertz CT molecular complexity index is 1110. The Morgan fingerprint density at radius 1 is 1.32 bits per heavy atom. The molecule has 25 heavy (non-hydrogen) atoms. The lowest BCUT2D eigenvalue weighted by Gasteiger charge is -2.04. The van der Waals surface area contributed by atoms with Crippen LogP contribution in [0.2, 0.25) is 5.02 Å². The Balaban J connectivity index is 2.03. The minimum absolute atomic E-state index is 0.178.